The highest BCUT2D eigenvalue weighted by atomic mass is 35.5. The summed E-state index contributed by atoms with van der Waals surface area (Å²) in [7, 11) is 0. The molecule has 0 fully saturated rings. The Morgan fingerprint density at radius 2 is 2.06 bits per heavy atom. The number of fused-ring (bicyclic) bond motifs is 1. The van der Waals surface area contributed by atoms with Crippen molar-refractivity contribution >= 4 is 45.5 Å². The van der Waals surface area contributed by atoms with E-state index in [1.165, 1.54) is 11.3 Å². The molecule has 2 aromatic heterocycles. The van der Waals surface area contributed by atoms with Crippen LogP contribution in [0.4, 0.5) is 0 Å². The van der Waals surface area contributed by atoms with Gasteiger partial charge in [-0.15, -0.1) is 11.3 Å². The van der Waals surface area contributed by atoms with E-state index in [1.54, 1.807) is 0 Å². The molecule has 0 aliphatic rings. The molecule has 2 nitrogen and oxygen atoms in total. The monoisotopic (exact) mass is 297 g/mol. The van der Waals surface area contributed by atoms with Crippen LogP contribution in [0.15, 0.2) is 40.1 Å². The molecular weight excluding hydrogens is 289 g/mol. The summed E-state index contributed by atoms with van der Waals surface area (Å²) in [6, 6.07) is 8.97. The Balaban J connectivity index is 2.06. The summed E-state index contributed by atoms with van der Waals surface area (Å²) >= 11 is 13.5. The molecule has 3 aromatic rings. The predicted octanol–water partition coefficient (Wildman–Crippen LogP) is 4.85. The smallest absolute Gasteiger partial charge is 0.135 e. The average molecular weight is 298 g/mol. The molecule has 1 unspecified atom stereocenters. The van der Waals surface area contributed by atoms with Crippen LogP contribution >= 0.6 is 34.5 Å². The van der Waals surface area contributed by atoms with Gasteiger partial charge in [-0.25, -0.2) is 0 Å². The van der Waals surface area contributed by atoms with Gasteiger partial charge >= 0.3 is 0 Å². The summed E-state index contributed by atoms with van der Waals surface area (Å²) in [4.78, 5) is 0. The SMILES string of the molecule is NC(c1csc(Cl)c1)c1cc2c(Cl)cccc2o1. The van der Waals surface area contributed by atoms with Gasteiger partial charge in [0, 0.05) is 5.39 Å². The van der Waals surface area contributed by atoms with Crippen LogP contribution in [0.3, 0.4) is 0 Å². The fourth-order valence-electron chi connectivity index (χ4n) is 1.85. The molecule has 0 saturated carbocycles. The number of hydrogen-bond acceptors (Lipinski definition) is 3. The van der Waals surface area contributed by atoms with Gasteiger partial charge < -0.3 is 10.2 Å². The zero-order valence-electron chi connectivity index (χ0n) is 9.19. The zero-order valence-corrected chi connectivity index (χ0v) is 11.5. The van der Waals surface area contributed by atoms with E-state index in [-0.39, 0.29) is 6.04 Å². The second-order valence-electron chi connectivity index (χ2n) is 3.96. The molecule has 3 rings (SSSR count). The summed E-state index contributed by atoms with van der Waals surface area (Å²) < 4.78 is 6.44. The minimum Gasteiger partial charge on any atom is -0.459 e. The summed E-state index contributed by atoms with van der Waals surface area (Å²) in [5, 5.41) is 3.48. The van der Waals surface area contributed by atoms with Crippen LogP contribution < -0.4 is 5.73 Å². The third-order valence-electron chi connectivity index (χ3n) is 2.78. The first kappa shape index (κ1) is 12.1. The number of benzene rings is 1. The number of furan rings is 1. The Hall–Kier alpha value is -1.00. The predicted molar refractivity (Wildman–Crippen MR) is 76.6 cm³/mol. The summed E-state index contributed by atoms with van der Waals surface area (Å²) in [5.74, 6) is 0.688. The van der Waals surface area contributed by atoms with Crippen LogP contribution in [0.2, 0.25) is 9.36 Å². The molecule has 2 heterocycles. The van der Waals surface area contributed by atoms with Gasteiger partial charge in [-0.1, -0.05) is 29.3 Å². The van der Waals surface area contributed by atoms with Crippen molar-refractivity contribution in [2.75, 3.05) is 0 Å². The van der Waals surface area contributed by atoms with E-state index in [4.69, 9.17) is 33.4 Å². The fraction of sp³-hybridized carbons (Fsp3) is 0.0769. The first-order valence-electron chi connectivity index (χ1n) is 5.32. The summed E-state index contributed by atoms with van der Waals surface area (Å²) in [6.45, 7) is 0. The maximum Gasteiger partial charge on any atom is 0.135 e. The second-order valence-corrected chi connectivity index (χ2v) is 5.91. The number of hydrogen-bond donors (Lipinski definition) is 1. The Kier molecular flexibility index (Phi) is 3.08. The van der Waals surface area contributed by atoms with Gasteiger partial charge in [0.25, 0.3) is 0 Å². The minimum atomic E-state index is -0.322. The largest absolute Gasteiger partial charge is 0.459 e. The molecule has 1 aromatic carbocycles. The average Bonchev–Trinajstić information content (AvgIpc) is 2.95. The lowest BCUT2D eigenvalue weighted by molar-refractivity contribution is 0.525. The van der Waals surface area contributed by atoms with Crippen LogP contribution in [0.1, 0.15) is 17.4 Å². The highest BCUT2D eigenvalue weighted by molar-refractivity contribution is 7.14. The maximum absolute atomic E-state index is 6.15. The molecule has 0 radical (unpaired) electrons. The second kappa shape index (κ2) is 4.59. The van der Waals surface area contributed by atoms with Crippen molar-refractivity contribution in [3.63, 3.8) is 0 Å². The van der Waals surface area contributed by atoms with Crippen molar-refractivity contribution in [3.05, 3.63) is 56.4 Å². The molecule has 0 aliphatic heterocycles. The molecule has 5 heteroatoms. The van der Waals surface area contributed by atoms with Gasteiger partial charge in [0.05, 0.1) is 15.4 Å². The van der Waals surface area contributed by atoms with Gasteiger partial charge in [0.15, 0.2) is 0 Å². The van der Waals surface area contributed by atoms with Crippen LogP contribution in [-0.4, -0.2) is 0 Å². The van der Waals surface area contributed by atoms with E-state index in [2.05, 4.69) is 0 Å². The van der Waals surface area contributed by atoms with Gasteiger partial charge in [0.1, 0.15) is 11.3 Å². The van der Waals surface area contributed by atoms with Crippen LogP contribution in [0.5, 0.6) is 0 Å². The Morgan fingerprint density at radius 1 is 1.22 bits per heavy atom. The van der Waals surface area contributed by atoms with Crippen LogP contribution in [0.25, 0.3) is 11.0 Å². The number of thiophene rings is 1. The van der Waals surface area contributed by atoms with E-state index in [0.29, 0.717) is 10.8 Å². The van der Waals surface area contributed by atoms with Gasteiger partial charge in [-0.2, -0.15) is 0 Å². The van der Waals surface area contributed by atoms with Gasteiger partial charge in [0.2, 0.25) is 0 Å². The van der Waals surface area contributed by atoms with Crippen molar-refractivity contribution in [2.24, 2.45) is 5.73 Å². The lowest BCUT2D eigenvalue weighted by atomic mass is 10.1. The highest BCUT2D eigenvalue weighted by Gasteiger charge is 2.16. The third-order valence-corrected chi connectivity index (χ3v) is 4.22. The lowest BCUT2D eigenvalue weighted by Crippen LogP contribution is -2.09. The lowest BCUT2D eigenvalue weighted by Gasteiger charge is -2.04. The zero-order chi connectivity index (χ0) is 12.7. The molecule has 2 N–H and O–H groups in total. The fourth-order valence-corrected chi connectivity index (χ4v) is 3.00. The van der Waals surface area contributed by atoms with E-state index < -0.39 is 0 Å². The van der Waals surface area contributed by atoms with Crippen LogP contribution in [0, 0.1) is 0 Å². The van der Waals surface area contributed by atoms with Gasteiger partial charge in [-0.3, -0.25) is 0 Å². The summed E-state index contributed by atoms with van der Waals surface area (Å²) in [6.07, 6.45) is 0. The quantitative estimate of drug-likeness (QED) is 0.734. The molecule has 0 bridgehead atoms. The van der Waals surface area contributed by atoms with Crippen molar-refractivity contribution in [2.45, 2.75) is 6.04 Å². The molecule has 1 atom stereocenters. The van der Waals surface area contributed by atoms with Gasteiger partial charge in [-0.05, 0) is 35.2 Å². The van der Waals surface area contributed by atoms with Crippen molar-refractivity contribution < 1.29 is 4.42 Å². The molecule has 18 heavy (non-hydrogen) atoms. The minimum absolute atomic E-state index is 0.322. The number of nitrogens with two attached hydrogens (primary N) is 1. The van der Waals surface area contributed by atoms with E-state index >= 15 is 0 Å². The molecule has 0 saturated heterocycles. The summed E-state index contributed by atoms with van der Waals surface area (Å²) in [5.41, 5.74) is 7.84. The van der Waals surface area contributed by atoms with Crippen molar-refractivity contribution in [1.29, 1.82) is 0 Å². The molecule has 92 valence electrons. The Morgan fingerprint density at radius 3 is 2.72 bits per heavy atom. The number of rotatable bonds is 2. The Labute approximate surface area is 118 Å². The molecule has 0 amide bonds. The van der Waals surface area contributed by atoms with Crippen LogP contribution in [-0.2, 0) is 0 Å². The molecular formula is C13H9Cl2NOS. The third kappa shape index (κ3) is 2.04. The highest BCUT2D eigenvalue weighted by Crippen LogP contribution is 2.33. The van der Waals surface area contributed by atoms with Crippen molar-refractivity contribution in [1.82, 2.24) is 0 Å². The van der Waals surface area contributed by atoms with E-state index in [0.717, 1.165) is 20.9 Å². The number of halogens is 2. The van der Waals surface area contributed by atoms with E-state index in [9.17, 15) is 0 Å². The molecule has 0 aliphatic carbocycles. The van der Waals surface area contributed by atoms with E-state index in [1.807, 2.05) is 35.7 Å². The Bertz CT molecular complexity index is 704. The standard InChI is InChI=1S/C13H9Cl2NOS/c14-9-2-1-3-10-8(9)5-11(17-10)13(16)7-4-12(15)18-6-7/h1-6,13H,16H2. The normalized spacial score (nSPS) is 13.1. The maximum atomic E-state index is 6.15. The topological polar surface area (TPSA) is 39.2 Å². The van der Waals surface area contributed by atoms with Crippen molar-refractivity contribution in [3.8, 4) is 0 Å². The first-order chi connectivity index (χ1) is 8.65. The first-order valence-corrected chi connectivity index (χ1v) is 6.96. The molecule has 0 spiro atoms.